The average molecular weight is 252 g/mol. The van der Waals surface area contributed by atoms with E-state index >= 15 is 0 Å². The molecule has 0 unspecified atom stereocenters. The second-order valence-electron chi connectivity index (χ2n) is 3.82. The number of nitrogens with zero attached hydrogens (tertiary/aromatic N) is 1. The van der Waals surface area contributed by atoms with Crippen molar-refractivity contribution in [2.75, 3.05) is 0 Å². The smallest absolute Gasteiger partial charge is 0.280 e. The fraction of sp³-hybridized carbons (Fsp3) is 0.250. The van der Waals surface area contributed by atoms with E-state index < -0.39 is 0 Å². The highest BCUT2D eigenvalue weighted by Crippen LogP contribution is 2.30. The molecule has 1 aliphatic carbocycles. The van der Waals surface area contributed by atoms with Gasteiger partial charge in [-0.1, -0.05) is 29.0 Å². The van der Waals surface area contributed by atoms with Crippen LogP contribution in [0.25, 0.3) is 0 Å². The normalized spacial score (nSPS) is 13.8. The lowest BCUT2D eigenvalue weighted by atomic mass is 10.1. The van der Waals surface area contributed by atoms with Crippen LogP contribution >= 0.6 is 22.9 Å². The van der Waals surface area contributed by atoms with Crippen molar-refractivity contribution in [3.8, 4) is 10.9 Å². The summed E-state index contributed by atoms with van der Waals surface area (Å²) < 4.78 is 5.65. The van der Waals surface area contributed by atoms with Crippen LogP contribution in [0.15, 0.2) is 23.6 Å². The average Bonchev–Trinajstić information content (AvgIpc) is 2.87. The summed E-state index contributed by atoms with van der Waals surface area (Å²) in [6.45, 7) is 0. The van der Waals surface area contributed by atoms with Crippen molar-refractivity contribution in [2.24, 2.45) is 0 Å². The molecular formula is C12H10ClNOS. The molecule has 1 heterocycles. The molecule has 0 N–H and O–H groups in total. The molecular weight excluding hydrogens is 242 g/mol. The quantitative estimate of drug-likeness (QED) is 0.803. The van der Waals surface area contributed by atoms with Crippen LogP contribution in [0.5, 0.6) is 10.9 Å². The first-order valence-electron chi connectivity index (χ1n) is 5.22. The Labute approximate surface area is 103 Å². The molecule has 3 rings (SSSR count). The number of aromatic nitrogens is 1. The van der Waals surface area contributed by atoms with E-state index in [4.69, 9.17) is 16.3 Å². The van der Waals surface area contributed by atoms with E-state index in [1.165, 1.54) is 35.3 Å². The molecule has 0 atom stereocenters. The number of fused-ring (bicyclic) bond motifs is 1. The van der Waals surface area contributed by atoms with Gasteiger partial charge in [-0.05, 0) is 42.5 Å². The highest BCUT2D eigenvalue weighted by Gasteiger charge is 2.12. The molecule has 0 spiro atoms. The molecule has 4 heteroatoms. The maximum atomic E-state index is 5.74. The van der Waals surface area contributed by atoms with Crippen molar-refractivity contribution in [1.29, 1.82) is 0 Å². The van der Waals surface area contributed by atoms with E-state index in [1.54, 1.807) is 5.38 Å². The molecule has 1 aliphatic rings. The highest BCUT2D eigenvalue weighted by molar-refractivity contribution is 7.11. The predicted molar refractivity (Wildman–Crippen MR) is 65.7 cm³/mol. The van der Waals surface area contributed by atoms with Gasteiger partial charge >= 0.3 is 0 Å². The molecule has 2 nitrogen and oxygen atoms in total. The molecule has 1 aromatic carbocycles. The van der Waals surface area contributed by atoms with Gasteiger partial charge < -0.3 is 4.74 Å². The first-order chi connectivity index (χ1) is 7.81. The van der Waals surface area contributed by atoms with Gasteiger partial charge in [-0.3, -0.25) is 0 Å². The van der Waals surface area contributed by atoms with Crippen molar-refractivity contribution >= 4 is 22.9 Å². The van der Waals surface area contributed by atoms with Gasteiger partial charge in [0, 0.05) is 5.38 Å². The van der Waals surface area contributed by atoms with Gasteiger partial charge in [0.1, 0.15) is 10.9 Å². The highest BCUT2D eigenvalue weighted by atomic mass is 35.5. The fourth-order valence-corrected chi connectivity index (χ4v) is 2.80. The Morgan fingerprint density at radius 2 is 2.12 bits per heavy atom. The van der Waals surface area contributed by atoms with Gasteiger partial charge in [0.2, 0.25) is 0 Å². The van der Waals surface area contributed by atoms with Crippen molar-refractivity contribution in [1.82, 2.24) is 4.98 Å². The SMILES string of the molecule is Clc1csc(Oc2ccc3c(c2)CCC3)n1. The Kier molecular flexibility index (Phi) is 2.58. The summed E-state index contributed by atoms with van der Waals surface area (Å²) in [4.78, 5) is 4.06. The minimum absolute atomic E-state index is 0.487. The number of aryl methyl sites for hydroxylation is 2. The van der Waals surface area contributed by atoms with Crippen molar-refractivity contribution in [2.45, 2.75) is 19.3 Å². The maximum absolute atomic E-state index is 5.74. The van der Waals surface area contributed by atoms with E-state index in [0.717, 1.165) is 12.2 Å². The minimum Gasteiger partial charge on any atom is -0.431 e. The molecule has 16 heavy (non-hydrogen) atoms. The third kappa shape index (κ3) is 1.93. The summed E-state index contributed by atoms with van der Waals surface area (Å²) in [5, 5.41) is 2.86. The third-order valence-electron chi connectivity index (χ3n) is 2.73. The van der Waals surface area contributed by atoms with Crippen LogP contribution in [-0.2, 0) is 12.8 Å². The molecule has 0 radical (unpaired) electrons. The topological polar surface area (TPSA) is 22.1 Å². The number of halogens is 1. The van der Waals surface area contributed by atoms with Crippen LogP contribution in [0.3, 0.4) is 0 Å². The van der Waals surface area contributed by atoms with E-state index in [0.29, 0.717) is 10.3 Å². The zero-order valence-corrected chi connectivity index (χ0v) is 10.1. The fourth-order valence-electron chi connectivity index (χ4n) is 2.00. The number of benzene rings is 1. The summed E-state index contributed by atoms with van der Waals surface area (Å²) in [6.07, 6.45) is 3.60. The van der Waals surface area contributed by atoms with Crippen LogP contribution in [0.1, 0.15) is 17.5 Å². The summed E-state index contributed by atoms with van der Waals surface area (Å²) in [5.74, 6) is 0.853. The van der Waals surface area contributed by atoms with Gasteiger partial charge in [0.25, 0.3) is 5.19 Å². The van der Waals surface area contributed by atoms with Crippen LogP contribution in [0.4, 0.5) is 0 Å². The molecule has 0 amide bonds. The summed E-state index contributed by atoms with van der Waals surface area (Å²) >= 11 is 7.15. The third-order valence-corrected chi connectivity index (χ3v) is 3.77. The number of hydrogen-bond donors (Lipinski definition) is 0. The molecule has 2 aromatic rings. The molecule has 0 bridgehead atoms. The summed E-state index contributed by atoms with van der Waals surface area (Å²) in [7, 11) is 0. The number of hydrogen-bond acceptors (Lipinski definition) is 3. The molecule has 1 aromatic heterocycles. The van der Waals surface area contributed by atoms with Gasteiger partial charge in [-0.2, -0.15) is 4.98 Å². The first kappa shape index (κ1) is 10.1. The summed E-state index contributed by atoms with van der Waals surface area (Å²) in [6, 6.07) is 6.25. The van der Waals surface area contributed by atoms with Crippen molar-refractivity contribution < 1.29 is 4.74 Å². The van der Waals surface area contributed by atoms with Crippen LogP contribution < -0.4 is 4.74 Å². The Hall–Kier alpha value is -1.06. The predicted octanol–water partition coefficient (Wildman–Crippen LogP) is 4.08. The van der Waals surface area contributed by atoms with Crippen molar-refractivity contribution in [3.63, 3.8) is 0 Å². The largest absolute Gasteiger partial charge is 0.431 e. The zero-order chi connectivity index (χ0) is 11.0. The van der Waals surface area contributed by atoms with E-state index in [-0.39, 0.29) is 0 Å². The standard InChI is InChI=1S/C12H10ClNOS/c13-11-7-16-12(14-11)15-10-5-4-8-2-1-3-9(8)6-10/h4-7H,1-3H2. The monoisotopic (exact) mass is 251 g/mol. The minimum atomic E-state index is 0.487. The lowest BCUT2D eigenvalue weighted by molar-refractivity contribution is 0.478. The second-order valence-corrected chi connectivity index (χ2v) is 5.03. The number of rotatable bonds is 2. The maximum Gasteiger partial charge on any atom is 0.280 e. The van der Waals surface area contributed by atoms with Gasteiger partial charge in [-0.25, -0.2) is 0 Å². The molecule has 82 valence electrons. The molecule has 0 aliphatic heterocycles. The van der Waals surface area contributed by atoms with Gasteiger partial charge in [-0.15, -0.1) is 0 Å². The Bertz CT molecular complexity index is 523. The lowest BCUT2D eigenvalue weighted by Gasteiger charge is -2.04. The molecule has 0 saturated heterocycles. The van der Waals surface area contributed by atoms with E-state index in [9.17, 15) is 0 Å². The van der Waals surface area contributed by atoms with Gasteiger partial charge in [0.05, 0.1) is 0 Å². The van der Waals surface area contributed by atoms with E-state index in [1.807, 2.05) is 6.07 Å². The number of ether oxygens (including phenoxy) is 1. The van der Waals surface area contributed by atoms with Crippen molar-refractivity contribution in [3.05, 3.63) is 39.9 Å². The van der Waals surface area contributed by atoms with Crippen LogP contribution in [0.2, 0.25) is 5.15 Å². The van der Waals surface area contributed by atoms with Crippen LogP contribution in [0, 0.1) is 0 Å². The molecule has 0 saturated carbocycles. The zero-order valence-electron chi connectivity index (χ0n) is 8.57. The Morgan fingerprint density at radius 3 is 2.94 bits per heavy atom. The van der Waals surface area contributed by atoms with E-state index in [2.05, 4.69) is 17.1 Å². The summed E-state index contributed by atoms with van der Waals surface area (Å²) in [5.41, 5.74) is 2.85. The Morgan fingerprint density at radius 1 is 1.25 bits per heavy atom. The first-order valence-corrected chi connectivity index (χ1v) is 6.48. The number of thiazole rings is 1. The second kappa shape index (κ2) is 4.07. The Balaban J connectivity index is 1.85. The van der Waals surface area contributed by atoms with Crippen LogP contribution in [-0.4, -0.2) is 4.98 Å². The van der Waals surface area contributed by atoms with Gasteiger partial charge in [0.15, 0.2) is 0 Å². The molecule has 0 fully saturated rings. The lowest BCUT2D eigenvalue weighted by Crippen LogP contribution is -1.86.